The van der Waals surface area contributed by atoms with Gasteiger partial charge in [0, 0.05) is 23.2 Å². The van der Waals surface area contributed by atoms with E-state index in [9.17, 15) is 19.1 Å². The first kappa shape index (κ1) is 20.5. The zero-order valence-electron chi connectivity index (χ0n) is 17.3. The lowest BCUT2D eigenvalue weighted by Crippen LogP contribution is -2.29. The zero-order valence-corrected chi connectivity index (χ0v) is 17.3. The Bertz CT molecular complexity index is 1370. The first-order valence-corrected chi connectivity index (χ1v) is 10.3. The number of amides is 1. The van der Waals surface area contributed by atoms with Crippen molar-refractivity contribution in [2.45, 2.75) is 12.5 Å². The van der Waals surface area contributed by atoms with Crippen LogP contribution in [0.15, 0.2) is 72.3 Å². The predicted octanol–water partition coefficient (Wildman–Crippen LogP) is 4.26. The van der Waals surface area contributed by atoms with Crippen LogP contribution in [0.1, 0.15) is 28.3 Å². The van der Waals surface area contributed by atoms with E-state index in [1.165, 1.54) is 42.5 Å². The third kappa shape index (κ3) is 3.33. The molecule has 0 bridgehead atoms. The largest absolute Gasteiger partial charge is 0.507 e. The van der Waals surface area contributed by atoms with Gasteiger partial charge in [-0.3, -0.25) is 14.5 Å². The van der Waals surface area contributed by atoms with E-state index in [-0.39, 0.29) is 16.9 Å². The van der Waals surface area contributed by atoms with E-state index < -0.39 is 23.5 Å². The molecule has 0 aromatic heterocycles. The first-order valence-electron chi connectivity index (χ1n) is 10.3. The summed E-state index contributed by atoms with van der Waals surface area (Å²) in [5, 5.41) is 20.3. The Morgan fingerprint density at radius 3 is 2.58 bits per heavy atom. The monoisotopic (exact) mass is 440 g/mol. The minimum Gasteiger partial charge on any atom is -0.507 e. The number of ether oxygens (including phenoxy) is 1. The molecule has 2 aliphatic rings. The third-order valence-corrected chi connectivity index (χ3v) is 5.88. The standard InChI is InChI=1S/C26H17FN2O4/c27-20-4-2-1-3-19(20)23-22(24(30)17-7-10-21-16(13-17)11-12-33-21)25(31)26(32)29(23)18-8-5-15(14-28)6-9-18/h1-10,13,23,30H,11-12H2/b24-22+. The molecule has 5 rings (SSSR count). The molecule has 3 aromatic carbocycles. The van der Waals surface area contributed by atoms with Crippen molar-refractivity contribution in [2.75, 3.05) is 11.5 Å². The number of hydrogen-bond acceptors (Lipinski definition) is 5. The highest BCUT2D eigenvalue weighted by Crippen LogP contribution is 2.43. The molecule has 1 amide bonds. The van der Waals surface area contributed by atoms with E-state index in [1.54, 1.807) is 24.3 Å². The molecule has 0 radical (unpaired) electrons. The van der Waals surface area contributed by atoms with E-state index in [0.29, 0.717) is 35.6 Å². The summed E-state index contributed by atoms with van der Waals surface area (Å²) in [6.07, 6.45) is 0.659. The molecule has 0 saturated carbocycles. The van der Waals surface area contributed by atoms with Crippen LogP contribution in [0, 0.1) is 17.1 Å². The molecule has 2 heterocycles. The van der Waals surface area contributed by atoms with Gasteiger partial charge in [-0.15, -0.1) is 0 Å². The number of ketones is 1. The number of rotatable bonds is 3. The second kappa shape index (κ2) is 7.92. The molecule has 1 atom stereocenters. The van der Waals surface area contributed by atoms with E-state index in [1.807, 2.05) is 6.07 Å². The van der Waals surface area contributed by atoms with Crippen molar-refractivity contribution in [3.8, 4) is 11.8 Å². The number of nitrogens with zero attached hydrogens (tertiary/aromatic N) is 2. The highest BCUT2D eigenvalue weighted by Gasteiger charge is 2.47. The van der Waals surface area contributed by atoms with Crippen LogP contribution in [0.2, 0.25) is 0 Å². The lowest BCUT2D eigenvalue weighted by molar-refractivity contribution is -0.132. The molecule has 7 heteroatoms. The fourth-order valence-corrected chi connectivity index (χ4v) is 4.28. The Labute approximate surface area is 188 Å². The Hall–Kier alpha value is -4.44. The van der Waals surface area contributed by atoms with Gasteiger partial charge in [0.25, 0.3) is 11.7 Å². The SMILES string of the molecule is N#Cc1ccc(N2C(=O)C(=O)/C(=C(/O)c3ccc4c(c3)CCO4)C2c2ccccc2F)cc1. The normalized spacial score (nSPS) is 18.7. The van der Waals surface area contributed by atoms with Gasteiger partial charge in [-0.2, -0.15) is 5.26 Å². The van der Waals surface area contributed by atoms with Crippen LogP contribution in [0.3, 0.4) is 0 Å². The number of Topliss-reactive ketones (excluding diaryl/α,β-unsaturated/α-hetero) is 1. The van der Waals surface area contributed by atoms with Crippen LogP contribution in [-0.4, -0.2) is 23.4 Å². The summed E-state index contributed by atoms with van der Waals surface area (Å²) in [6.45, 7) is 0.526. The van der Waals surface area contributed by atoms with Crippen LogP contribution < -0.4 is 9.64 Å². The summed E-state index contributed by atoms with van der Waals surface area (Å²) < 4.78 is 20.4. The molecule has 3 aromatic rings. The lowest BCUT2D eigenvalue weighted by Gasteiger charge is -2.25. The minimum absolute atomic E-state index is 0.0760. The summed E-state index contributed by atoms with van der Waals surface area (Å²) in [6, 6.07) is 17.7. The summed E-state index contributed by atoms with van der Waals surface area (Å²) in [5.41, 5.74) is 1.78. The Morgan fingerprint density at radius 1 is 1.09 bits per heavy atom. The van der Waals surface area contributed by atoms with E-state index in [2.05, 4.69) is 0 Å². The molecule has 33 heavy (non-hydrogen) atoms. The van der Waals surface area contributed by atoms with Crippen molar-refractivity contribution in [3.63, 3.8) is 0 Å². The minimum atomic E-state index is -1.18. The number of anilines is 1. The first-order chi connectivity index (χ1) is 16.0. The molecule has 1 saturated heterocycles. The summed E-state index contributed by atoms with van der Waals surface area (Å²) in [4.78, 5) is 27.4. The van der Waals surface area contributed by atoms with Gasteiger partial charge in [0.15, 0.2) is 0 Å². The van der Waals surface area contributed by atoms with Crippen LogP contribution >= 0.6 is 0 Å². The van der Waals surface area contributed by atoms with Gasteiger partial charge in [0.2, 0.25) is 0 Å². The van der Waals surface area contributed by atoms with E-state index >= 15 is 0 Å². The summed E-state index contributed by atoms with van der Waals surface area (Å²) >= 11 is 0. The molecular weight excluding hydrogens is 423 g/mol. The van der Waals surface area contributed by atoms with Crippen molar-refractivity contribution in [3.05, 3.63) is 100 Å². The van der Waals surface area contributed by atoms with Crippen molar-refractivity contribution < 1.29 is 23.8 Å². The van der Waals surface area contributed by atoms with Gasteiger partial charge in [0.1, 0.15) is 17.3 Å². The fourth-order valence-electron chi connectivity index (χ4n) is 4.28. The number of aliphatic hydroxyl groups is 1. The van der Waals surface area contributed by atoms with Gasteiger partial charge in [0.05, 0.1) is 29.9 Å². The van der Waals surface area contributed by atoms with Gasteiger partial charge in [-0.25, -0.2) is 4.39 Å². The maximum Gasteiger partial charge on any atom is 0.300 e. The third-order valence-electron chi connectivity index (χ3n) is 5.88. The smallest absolute Gasteiger partial charge is 0.300 e. The quantitative estimate of drug-likeness (QED) is 0.373. The van der Waals surface area contributed by atoms with Crippen LogP contribution in [0.25, 0.3) is 5.76 Å². The van der Waals surface area contributed by atoms with Crippen molar-refractivity contribution in [1.29, 1.82) is 5.26 Å². The van der Waals surface area contributed by atoms with Gasteiger partial charge in [-0.05, 0) is 54.1 Å². The van der Waals surface area contributed by atoms with Crippen molar-refractivity contribution in [2.24, 2.45) is 0 Å². The fraction of sp³-hybridized carbons (Fsp3) is 0.115. The highest BCUT2D eigenvalue weighted by molar-refractivity contribution is 6.51. The lowest BCUT2D eigenvalue weighted by atomic mass is 9.94. The number of halogens is 1. The van der Waals surface area contributed by atoms with Crippen LogP contribution in [0.5, 0.6) is 5.75 Å². The van der Waals surface area contributed by atoms with E-state index in [0.717, 1.165) is 10.5 Å². The summed E-state index contributed by atoms with van der Waals surface area (Å²) in [7, 11) is 0. The number of aliphatic hydroxyl groups excluding tert-OH is 1. The summed E-state index contributed by atoms with van der Waals surface area (Å²) in [5.74, 6) is -2.10. The molecule has 1 unspecified atom stereocenters. The molecule has 1 N–H and O–H groups in total. The molecule has 6 nitrogen and oxygen atoms in total. The molecule has 0 spiro atoms. The Morgan fingerprint density at radius 2 is 1.85 bits per heavy atom. The number of nitriles is 1. The number of carbonyl (C=O) groups is 2. The molecule has 162 valence electrons. The van der Waals surface area contributed by atoms with Crippen molar-refractivity contribution in [1.82, 2.24) is 0 Å². The average Bonchev–Trinajstić information content (AvgIpc) is 3.41. The predicted molar refractivity (Wildman–Crippen MR) is 118 cm³/mol. The number of fused-ring (bicyclic) bond motifs is 1. The van der Waals surface area contributed by atoms with Gasteiger partial charge >= 0.3 is 0 Å². The second-order valence-electron chi connectivity index (χ2n) is 7.77. The average molecular weight is 440 g/mol. The topological polar surface area (TPSA) is 90.6 Å². The van der Waals surface area contributed by atoms with Gasteiger partial charge in [-0.1, -0.05) is 18.2 Å². The van der Waals surface area contributed by atoms with Gasteiger partial charge < -0.3 is 9.84 Å². The van der Waals surface area contributed by atoms with E-state index in [4.69, 9.17) is 10.00 Å². The van der Waals surface area contributed by atoms with Crippen LogP contribution in [0.4, 0.5) is 10.1 Å². The Balaban J connectivity index is 1.71. The maximum absolute atomic E-state index is 14.9. The molecular formula is C26H17FN2O4. The Kier molecular flexibility index (Phi) is 4.91. The second-order valence-corrected chi connectivity index (χ2v) is 7.77. The molecule has 2 aliphatic heterocycles. The zero-order chi connectivity index (χ0) is 23.1. The molecule has 0 aliphatic carbocycles. The number of hydrogen-bond donors (Lipinski definition) is 1. The molecule has 1 fully saturated rings. The number of benzene rings is 3. The maximum atomic E-state index is 14.9. The van der Waals surface area contributed by atoms with Crippen molar-refractivity contribution >= 4 is 23.1 Å². The number of carbonyl (C=O) groups excluding carboxylic acids is 2. The van der Waals surface area contributed by atoms with Crippen LogP contribution in [-0.2, 0) is 16.0 Å². The highest BCUT2D eigenvalue weighted by atomic mass is 19.1.